The Hall–Kier alpha value is -4.32. The minimum absolute atomic E-state index is 0.119. The van der Waals surface area contributed by atoms with Crippen LogP contribution in [0.1, 0.15) is 35.1 Å². The second-order valence-electron chi connectivity index (χ2n) is 13.1. The molecule has 0 N–H and O–H groups in total. The van der Waals surface area contributed by atoms with Gasteiger partial charge in [-0.2, -0.15) is 0 Å². The number of anilines is 2. The highest BCUT2D eigenvalue weighted by Crippen LogP contribution is 2.55. The molecule has 6 heteroatoms. The van der Waals surface area contributed by atoms with E-state index in [1.54, 1.807) is 0 Å². The van der Waals surface area contributed by atoms with Gasteiger partial charge in [0.25, 0.3) is 0 Å². The van der Waals surface area contributed by atoms with Crippen molar-refractivity contribution < 1.29 is 19.2 Å². The number of carbonyl (C=O) groups is 4. The third kappa shape index (κ3) is 3.71. The minimum Gasteiger partial charge on any atom is -0.274 e. The van der Waals surface area contributed by atoms with Crippen molar-refractivity contribution in [2.75, 3.05) is 9.80 Å². The number of rotatable bonds is 8. The van der Waals surface area contributed by atoms with E-state index < -0.39 is 0 Å². The third-order valence-corrected chi connectivity index (χ3v) is 10.9. The summed E-state index contributed by atoms with van der Waals surface area (Å²) in [5.41, 5.74) is 4.76. The van der Waals surface area contributed by atoms with Crippen LogP contribution in [-0.4, -0.2) is 23.6 Å². The molecular weight excluding hydrogens is 536 g/mol. The first-order valence-corrected chi connectivity index (χ1v) is 15.5. The number of nitrogens with zero attached hydrogens (tertiary/aromatic N) is 2. The van der Waals surface area contributed by atoms with Gasteiger partial charge in [-0.25, -0.2) is 9.80 Å². The van der Waals surface area contributed by atoms with Crippen LogP contribution < -0.4 is 9.80 Å². The summed E-state index contributed by atoms with van der Waals surface area (Å²) in [6.07, 6.45) is 15.4. The molecule has 6 aliphatic rings. The van der Waals surface area contributed by atoms with Crippen LogP contribution in [-0.2, 0) is 38.4 Å². The van der Waals surface area contributed by atoms with Crippen molar-refractivity contribution in [3.05, 3.63) is 108 Å². The summed E-state index contributed by atoms with van der Waals surface area (Å²) in [5.74, 6) is -1.17. The fourth-order valence-electron chi connectivity index (χ4n) is 9.01. The highest BCUT2D eigenvalue weighted by molar-refractivity contribution is 6.24. The monoisotopic (exact) mass is 570 g/mol. The summed E-state index contributed by atoms with van der Waals surface area (Å²) in [6.45, 7) is 7.75. The lowest BCUT2D eigenvalue weighted by molar-refractivity contribution is -0.124. The smallest absolute Gasteiger partial charge is 0.238 e. The lowest BCUT2D eigenvalue weighted by Crippen LogP contribution is -2.34. The van der Waals surface area contributed by atoms with Crippen molar-refractivity contribution in [2.45, 2.75) is 32.1 Å². The van der Waals surface area contributed by atoms with Crippen molar-refractivity contribution in [1.29, 1.82) is 0 Å². The fourth-order valence-corrected chi connectivity index (χ4v) is 9.01. The molecular formula is C37H34N2O4. The van der Waals surface area contributed by atoms with Crippen molar-refractivity contribution in [3.63, 3.8) is 0 Å². The highest BCUT2D eigenvalue weighted by atomic mass is 16.2. The molecule has 0 aromatic heterocycles. The first kappa shape index (κ1) is 26.3. The second kappa shape index (κ2) is 9.60. The summed E-state index contributed by atoms with van der Waals surface area (Å²) >= 11 is 0. The summed E-state index contributed by atoms with van der Waals surface area (Å²) < 4.78 is 0. The predicted molar refractivity (Wildman–Crippen MR) is 164 cm³/mol. The van der Waals surface area contributed by atoms with Gasteiger partial charge in [0.05, 0.1) is 35.0 Å². The Morgan fingerprint density at radius 1 is 0.581 bits per heavy atom. The zero-order valence-electron chi connectivity index (χ0n) is 24.0. The van der Waals surface area contributed by atoms with Crippen molar-refractivity contribution >= 4 is 35.0 Å². The van der Waals surface area contributed by atoms with E-state index in [0.717, 1.165) is 35.1 Å². The molecule has 8 rings (SSSR count). The van der Waals surface area contributed by atoms with Crippen LogP contribution in [0.5, 0.6) is 0 Å². The number of hydrogen-bond acceptors (Lipinski definition) is 4. The molecule has 4 aliphatic carbocycles. The molecule has 8 unspecified atom stereocenters. The maximum absolute atomic E-state index is 13.9. The average molecular weight is 571 g/mol. The Morgan fingerprint density at radius 3 is 1.26 bits per heavy atom. The number of fused-ring (bicyclic) bond motifs is 10. The van der Waals surface area contributed by atoms with Crippen LogP contribution in [0.3, 0.4) is 0 Å². The Labute approximate surface area is 251 Å². The van der Waals surface area contributed by atoms with E-state index >= 15 is 0 Å². The SMILES string of the molecule is C=CCc1ccc(Cc2ccc(CC=C)cc2N2C(=O)C3C4C=CC(C4)C3C2=O)c(N2C(=O)C3C4C=CC(C4)C3C2=O)c1. The van der Waals surface area contributed by atoms with E-state index in [4.69, 9.17) is 0 Å². The van der Waals surface area contributed by atoms with Crippen LogP contribution in [0.15, 0.2) is 86.0 Å². The van der Waals surface area contributed by atoms with Crippen LogP contribution >= 0.6 is 0 Å². The van der Waals surface area contributed by atoms with Gasteiger partial charge in [-0.1, -0.05) is 60.7 Å². The molecule has 6 nitrogen and oxygen atoms in total. The van der Waals surface area contributed by atoms with Gasteiger partial charge in [0.2, 0.25) is 23.6 Å². The first-order valence-electron chi connectivity index (χ1n) is 15.5. The van der Waals surface area contributed by atoms with Crippen LogP contribution in [0.25, 0.3) is 0 Å². The van der Waals surface area contributed by atoms with Gasteiger partial charge < -0.3 is 0 Å². The number of allylic oxidation sites excluding steroid dienone is 6. The quantitative estimate of drug-likeness (QED) is 0.317. The number of imide groups is 2. The zero-order valence-corrected chi connectivity index (χ0v) is 24.0. The molecule has 4 amide bonds. The first-order chi connectivity index (χ1) is 20.9. The summed E-state index contributed by atoms with van der Waals surface area (Å²) in [7, 11) is 0. The maximum atomic E-state index is 13.9. The average Bonchev–Trinajstić information content (AvgIpc) is 3.84. The van der Waals surface area contributed by atoms with Crippen LogP contribution in [0, 0.1) is 47.3 Å². The summed E-state index contributed by atoms with van der Waals surface area (Å²) in [6, 6.07) is 11.8. The molecule has 0 spiro atoms. The summed E-state index contributed by atoms with van der Waals surface area (Å²) in [4.78, 5) is 58.3. The second-order valence-corrected chi connectivity index (χ2v) is 13.1. The van der Waals surface area contributed by atoms with Crippen molar-refractivity contribution in [1.82, 2.24) is 0 Å². The summed E-state index contributed by atoms with van der Waals surface area (Å²) in [5, 5.41) is 0. The molecule has 2 aromatic rings. The maximum Gasteiger partial charge on any atom is 0.238 e. The Balaban J connectivity index is 1.20. The molecule has 4 fully saturated rings. The van der Waals surface area contributed by atoms with Gasteiger partial charge in [0, 0.05) is 6.42 Å². The van der Waals surface area contributed by atoms with Crippen LogP contribution in [0.2, 0.25) is 0 Å². The van der Waals surface area contributed by atoms with Gasteiger partial charge in [-0.05, 0) is 83.7 Å². The normalized spacial score (nSPS) is 32.8. The highest BCUT2D eigenvalue weighted by Gasteiger charge is 2.61. The predicted octanol–water partition coefficient (Wildman–Crippen LogP) is 5.36. The van der Waals surface area contributed by atoms with Gasteiger partial charge in [0.15, 0.2) is 0 Å². The van der Waals surface area contributed by atoms with Crippen molar-refractivity contribution in [3.8, 4) is 0 Å². The van der Waals surface area contributed by atoms with E-state index in [0.29, 0.717) is 30.6 Å². The van der Waals surface area contributed by atoms with E-state index in [-0.39, 0.29) is 71.0 Å². The van der Waals surface area contributed by atoms with Gasteiger partial charge >= 0.3 is 0 Å². The minimum atomic E-state index is -0.296. The molecule has 2 aromatic carbocycles. The van der Waals surface area contributed by atoms with Crippen LogP contribution in [0.4, 0.5) is 11.4 Å². The number of carbonyl (C=O) groups excluding carboxylic acids is 4. The number of hydrogen-bond donors (Lipinski definition) is 0. The van der Waals surface area contributed by atoms with E-state index in [9.17, 15) is 19.2 Å². The zero-order chi connectivity index (χ0) is 29.6. The van der Waals surface area contributed by atoms with E-state index in [1.165, 1.54) is 9.80 Å². The van der Waals surface area contributed by atoms with Crippen molar-refractivity contribution in [2.24, 2.45) is 47.3 Å². The van der Waals surface area contributed by atoms with Gasteiger partial charge in [-0.3, -0.25) is 19.2 Å². The fraction of sp³-hybridized carbons (Fsp3) is 0.351. The van der Waals surface area contributed by atoms with Gasteiger partial charge in [-0.15, -0.1) is 13.2 Å². The molecule has 2 heterocycles. The Kier molecular flexibility index (Phi) is 5.87. The largest absolute Gasteiger partial charge is 0.274 e. The molecule has 2 saturated carbocycles. The molecule has 216 valence electrons. The molecule has 8 atom stereocenters. The van der Waals surface area contributed by atoms with Gasteiger partial charge in [0.1, 0.15) is 0 Å². The lowest BCUT2D eigenvalue weighted by atomic mass is 9.85. The molecule has 2 saturated heterocycles. The molecule has 2 aliphatic heterocycles. The topological polar surface area (TPSA) is 74.8 Å². The molecule has 0 radical (unpaired) electrons. The molecule has 43 heavy (non-hydrogen) atoms. The lowest BCUT2D eigenvalue weighted by Gasteiger charge is -2.24. The number of benzene rings is 2. The van der Waals surface area contributed by atoms with E-state index in [1.807, 2.05) is 48.6 Å². The standard InChI is InChI=1S/C37H34N2O4/c1-3-5-20-7-9-22(28(15-20)38-34(40)30-24-11-12-25(18-24)31(30)35(38)41)17-23-10-8-21(6-4-2)16-29(23)39-36(42)32-26-13-14-27(19-26)33(32)37(39)43/h3-4,7-16,24-27,30-33H,1-2,5-6,17-19H2. The Morgan fingerprint density at radius 2 is 0.930 bits per heavy atom. The van der Waals surface area contributed by atoms with E-state index in [2.05, 4.69) is 37.5 Å². The Bertz CT molecular complexity index is 1520. The third-order valence-electron chi connectivity index (χ3n) is 10.9. The number of amides is 4. The molecule has 4 bridgehead atoms.